The molecule has 0 atom stereocenters. The molecule has 4 nitrogen and oxygen atoms in total. The maximum Gasteiger partial charge on any atom is 0.282 e. The van der Waals surface area contributed by atoms with E-state index in [4.69, 9.17) is 0 Å². The monoisotopic (exact) mass is 243 g/mol. The third-order valence-electron chi connectivity index (χ3n) is 2.72. The Kier molecular flexibility index (Phi) is 3.40. The number of hydrogen-bond acceptors (Lipinski definition) is 2. The zero-order chi connectivity index (χ0) is 12.4. The molecule has 1 aromatic heterocycles. The van der Waals surface area contributed by atoms with Gasteiger partial charge in [0.1, 0.15) is 12.2 Å². The van der Waals surface area contributed by atoms with Gasteiger partial charge in [0.25, 0.3) is 6.43 Å². The average Bonchev–Trinajstić information content (AvgIpc) is 3.01. The lowest BCUT2D eigenvalue weighted by molar-refractivity contribution is -0.121. The van der Waals surface area contributed by atoms with Crippen LogP contribution in [0.25, 0.3) is 0 Å². The molecule has 0 bridgehead atoms. The summed E-state index contributed by atoms with van der Waals surface area (Å²) < 4.78 is 26.5. The van der Waals surface area contributed by atoms with E-state index in [1.807, 2.05) is 6.92 Å². The van der Waals surface area contributed by atoms with E-state index in [0.717, 1.165) is 18.5 Å². The van der Waals surface area contributed by atoms with Gasteiger partial charge in [0.05, 0.1) is 0 Å². The van der Waals surface area contributed by atoms with Crippen LogP contribution in [0, 0.1) is 0 Å². The molecule has 1 aliphatic rings. The first-order valence-corrected chi connectivity index (χ1v) is 5.74. The summed E-state index contributed by atoms with van der Waals surface area (Å²) in [5.74, 6) is 0.0998. The number of carbonyl (C=O) groups is 1. The smallest absolute Gasteiger partial charge is 0.282 e. The van der Waals surface area contributed by atoms with Crippen molar-refractivity contribution in [1.82, 2.24) is 15.1 Å². The molecule has 0 unspecified atom stereocenters. The normalized spacial score (nSPS) is 15.3. The number of halogens is 2. The van der Waals surface area contributed by atoms with Crippen molar-refractivity contribution in [2.75, 3.05) is 6.54 Å². The Hall–Kier alpha value is -1.46. The minimum atomic E-state index is -2.58. The Balaban J connectivity index is 2.16. The van der Waals surface area contributed by atoms with Crippen LogP contribution in [0.1, 0.15) is 43.5 Å². The molecule has 94 valence electrons. The summed E-state index contributed by atoms with van der Waals surface area (Å²) in [6.07, 6.45) is -0.601. The molecular weight excluding hydrogens is 228 g/mol. The van der Waals surface area contributed by atoms with Crippen LogP contribution in [0.5, 0.6) is 0 Å². The summed E-state index contributed by atoms with van der Waals surface area (Å²) in [6.45, 7) is 2.36. The summed E-state index contributed by atoms with van der Waals surface area (Å²) in [7, 11) is 0. The van der Waals surface area contributed by atoms with Crippen molar-refractivity contribution in [1.29, 1.82) is 0 Å². The van der Waals surface area contributed by atoms with Gasteiger partial charge in [0.15, 0.2) is 0 Å². The highest BCUT2D eigenvalue weighted by atomic mass is 19.3. The van der Waals surface area contributed by atoms with Crippen LogP contribution in [-0.4, -0.2) is 22.2 Å². The van der Waals surface area contributed by atoms with Gasteiger partial charge in [-0.2, -0.15) is 5.10 Å². The number of hydrogen-bond donors (Lipinski definition) is 1. The quantitative estimate of drug-likeness (QED) is 0.857. The van der Waals surface area contributed by atoms with Crippen molar-refractivity contribution < 1.29 is 13.6 Å². The first kappa shape index (κ1) is 12.0. The first-order valence-electron chi connectivity index (χ1n) is 5.74. The maximum absolute atomic E-state index is 12.6. The molecule has 1 aliphatic carbocycles. The molecule has 1 fully saturated rings. The summed E-state index contributed by atoms with van der Waals surface area (Å²) in [5.41, 5.74) is 0.516. The first-order chi connectivity index (χ1) is 8.11. The lowest BCUT2D eigenvalue weighted by Gasteiger charge is -2.06. The molecule has 2 rings (SSSR count). The van der Waals surface area contributed by atoms with Crippen LogP contribution in [0.4, 0.5) is 8.78 Å². The highest BCUT2D eigenvalue weighted by molar-refractivity contribution is 5.75. The summed E-state index contributed by atoms with van der Waals surface area (Å²) >= 11 is 0. The van der Waals surface area contributed by atoms with E-state index in [9.17, 15) is 13.6 Å². The number of rotatable bonds is 5. The van der Waals surface area contributed by atoms with Crippen LogP contribution in [0.2, 0.25) is 0 Å². The van der Waals surface area contributed by atoms with Crippen molar-refractivity contribution in [3.63, 3.8) is 0 Å². The molecule has 0 aromatic carbocycles. The average molecular weight is 243 g/mol. The van der Waals surface area contributed by atoms with Crippen LogP contribution < -0.4 is 5.32 Å². The Morgan fingerprint density at radius 1 is 1.65 bits per heavy atom. The summed E-state index contributed by atoms with van der Waals surface area (Å²) in [4.78, 5) is 11.4. The van der Waals surface area contributed by atoms with Crippen molar-refractivity contribution in [3.05, 3.63) is 17.5 Å². The molecule has 0 radical (unpaired) electrons. The number of aromatic nitrogens is 2. The van der Waals surface area contributed by atoms with Gasteiger partial charge >= 0.3 is 0 Å². The SMILES string of the molecule is CCNC(=O)Cn1nc(C(F)F)cc1C1CC1. The zero-order valence-electron chi connectivity index (χ0n) is 9.62. The zero-order valence-corrected chi connectivity index (χ0v) is 9.62. The van der Waals surface area contributed by atoms with Gasteiger partial charge < -0.3 is 5.32 Å². The van der Waals surface area contributed by atoms with E-state index in [-0.39, 0.29) is 18.1 Å². The van der Waals surface area contributed by atoms with E-state index in [0.29, 0.717) is 12.5 Å². The Morgan fingerprint density at radius 3 is 2.88 bits per heavy atom. The second-order valence-corrected chi connectivity index (χ2v) is 4.18. The van der Waals surface area contributed by atoms with Gasteiger partial charge in [-0.1, -0.05) is 0 Å². The third kappa shape index (κ3) is 2.81. The van der Waals surface area contributed by atoms with E-state index >= 15 is 0 Å². The van der Waals surface area contributed by atoms with E-state index in [2.05, 4.69) is 10.4 Å². The predicted octanol–water partition coefficient (Wildman–Crippen LogP) is 1.83. The number of carbonyl (C=O) groups excluding carboxylic acids is 1. The Labute approximate surface area is 98.0 Å². The molecular formula is C11H15F2N3O. The number of nitrogens with one attached hydrogen (secondary N) is 1. The van der Waals surface area contributed by atoms with E-state index < -0.39 is 6.43 Å². The number of amides is 1. The molecule has 1 saturated carbocycles. The summed E-state index contributed by atoms with van der Waals surface area (Å²) in [6, 6.07) is 1.42. The fourth-order valence-corrected chi connectivity index (χ4v) is 1.78. The Morgan fingerprint density at radius 2 is 2.35 bits per heavy atom. The molecule has 17 heavy (non-hydrogen) atoms. The van der Waals surface area contributed by atoms with Crippen molar-refractivity contribution in [2.24, 2.45) is 0 Å². The van der Waals surface area contributed by atoms with Crippen molar-refractivity contribution >= 4 is 5.91 Å². The van der Waals surface area contributed by atoms with Crippen molar-refractivity contribution in [3.8, 4) is 0 Å². The van der Waals surface area contributed by atoms with Gasteiger partial charge in [0.2, 0.25) is 5.91 Å². The largest absolute Gasteiger partial charge is 0.355 e. The molecule has 1 aromatic rings. The second kappa shape index (κ2) is 4.81. The predicted molar refractivity (Wildman–Crippen MR) is 57.8 cm³/mol. The van der Waals surface area contributed by atoms with Crippen LogP contribution in [0.3, 0.4) is 0 Å². The standard InChI is InChI=1S/C11H15F2N3O/c1-2-14-10(17)6-16-9(7-3-4-7)5-8(15-16)11(12)13/h5,7,11H,2-4,6H2,1H3,(H,14,17). The summed E-state index contributed by atoms with van der Waals surface area (Å²) in [5, 5.41) is 6.43. The van der Waals surface area contributed by atoms with Gasteiger partial charge in [-0.25, -0.2) is 8.78 Å². The lowest BCUT2D eigenvalue weighted by Crippen LogP contribution is -2.28. The molecule has 1 N–H and O–H groups in total. The highest BCUT2D eigenvalue weighted by Gasteiger charge is 2.29. The van der Waals surface area contributed by atoms with Crippen molar-refractivity contribution in [2.45, 2.75) is 38.7 Å². The van der Waals surface area contributed by atoms with Gasteiger partial charge in [-0.15, -0.1) is 0 Å². The molecule has 6 heteroatoms. The van der Waals surface area contributed by atoms with Gasteiger partial charge in [-0.05, 0) is 25.8 Å². The van der Waals surface area contributed by atoms with Crippen LogP contribution in [-0.2, 0) is 11.3 Å². The minimum absolute atomic E-state index is 0.0202. The highest BCUT2D eigenvalue weighted by Crippen LogP contribution is 2.41. The second-order valence-electron chi connectivity index (χ2n) is 4.18. The third-order valence-corrected chi connectivity index (χ3v) is 2.72. The van der Waals surface area contributed by atoms with Crippen LogP contribution >= 0.6 is 0 Å². The maximum atomic E-state index is 12.6. The van der Waals surface area contributed by atoms with Gasteiger partial charge in [-0.3, -0.25) is 9.48 Å². The number of nitrogens with zero attached hydrogens (tertiary/aromatic N) is 2. The Bertz CT molecular complexity index is 413. The topological polar surface area (TPSA) is 46.9 Å². The van der Waals surface area contributed by atoms with Gasteiger partial charge in [0, 0.05) is 18.2 Å². The minimum Gasteiger partial charge on any atom is -0.355 e. The molecule has 1 heterocycles. The molecule has 0 saturated heterocycles. The molecule has 0 spiro atoms. The van der Waals surface area contributed by atoms with Crippen LogP contribution in [0.15, 0.2) is 6.07 Å². The molecule has 1 amide bonds. The number of alkyl halides is 2. The fraction of sp³-hybridized carbons (Fsp3) is 0.636. The van der Waals surface area contributed by atoms with E-state index in [1.54, 1.807) is 0 Å². The lowest BCUT2D eigenvalue weighted by atomic mass is 10.2. The fourth-order valence-electron chi connectivity index (χ4n) is 1.78. The van der Waals surface area contributed by atoms with E-state index in [1.165, 1.54) is 10.7 Å². The molecule has 0 aliphatic heterocycles. The number of likely N-dealkylation sites (N-methyl/N-ethyl adjacent to an activating group) is 1.